The predicted octanol–water partition coefficient (Wildman–Crippen LogP) is 2.21. The van der Waals surface area contributed by atoms with Crippen molar-refractivity contribution in [3.63, 3.8) is 0 Å². The van der Waals surface area contributed by atoms with Crippen molar-refractivity contribution in [1.82, 2.24) is 15.3 Å². The molecule has 0 aliphatic heterocycles. The van der Waals surface area contributed by atoms with Crippen molar-refractivity contribution in [3.05, 3.63) is 46.6 Å². The average Bonchev–Trinajstić information content (AvgIpc) is 2.60. The Balaban J connectivity index is 2.37. The SMILES string of the molecule is CN(C)c1cc(C(=O)NC(CC(=O)O)c2ccccc2Cl)nc(N(C)C)n1. The highest BCUT2D eigenvalue weighted by molar-refractivity contribution is 6.31. The molecular weight excluding hydrogens is 370 g/mol. The molecule has 9 heteroatoms. The highest BCUT2D eigenvalue weighted by Crippen LogP contribution is 2.25. The van der Waals surface area contributed by atoms with Gasteiger partial charge in [0.25, 0.3) is 5.91 Å². The van der Waals surface area contributed by atoms with E-state index in [4.69, 9.17) is 11.6 Å². The topological polar surface area (TPSA) is 98.7 Å². The van der Waals surface area contributed by atoms with Gasteiger partial charge >= 0.3 is 5.97 Å². The lowest BCUT2D eigenvalue weighted by Crippen LogP contribution is -2.32. The van der Waals surface area contributed by atoms with Crippen LogP contribution in [0.4, 0.5) is 11.8 Å². The van der Waals surface area contributed by atoms with Gasteiger partial charge in [-0.15, -0.1) is 0 Å². The van der Waals surface area contributed by atoms with Crippen molar-refractivity contribution in [2.75, 3.05) is 38.0 Å². The zero-order chi connectivity index (χ0) is 20.1. The zero-order valence-corrected chi connectivity index (χ0v) is 16.4. The number of carbonyl (C=O) groups excluding carboxylic acids is 1. The number of hydrogen-bond acceptors (Lipinski definition) is 6. The van der Waals surface area contributed by atoms with Crippen molar-refractivity contribution in [2.24, 2.45) is 0 Å². The number of amides is 1. The van der Waals surface area contributed by atoms with Crippen LogP contribution in [0, 0.1) is 0 Å². The van der Waals surface area contributed by atoms with E-state index in [2.05, 4.69) is 15.3 Å². The van der Waals surface area contributed by atoms with Gasteiger partial charge in [-0.05, 0) is 11.6 Å². The van der Waals surface area contributed by atoms with E-state index in [1.165, 1.54) is 0 Å². The Morgan fingerprint density at radius 3 is 2.37 bits per heavy atom. The van der Waals surface area contributed by atoms with E-state index < -0.39 is 17.9 Å². The number of anilines is 2. The lowest BCUT2D eigenvalue weighted by Gasteiger charge is -2.20. The van der Waals surface area contributed by atoms with E-state index in [0.29, 0.717) is 22.4 Å². The molecule has 0 radical (unpaired) electrons. The van der Waals surface area contributed by atoms with Crippen molar-refractivity contribution in [3.8, 4) is 0 Å². The van der Waals surface area contributed by atoms with Gasteiger partial charge in [0.1, 0.15) is 11.5 Å². The summed E-state index contributed by atoms with van der Waals surface area (Å²) in [7, 11) is 7.15. The summed E-state index contributed by atoms with van der Waals surface area (Å²) in [5.41, 5.74) is 0.671. The fourth-order valence-corrected chi connectivity index (χ4v) is 2.64. The minimum atomic E-state index is -1.05. The predicted molar refractivity (Wildman–Crippen MR) is 105 cm³/mol. The lowest BCUT2D eigenvalue weighted by molar-refractivity contribution is -0.137. The van der Waals surface area contributed by atoms with Crippen LogP contribution in [0.1, 0.15) is 28.5 Å². The summed E-state index contributed by atoms with van der Waals surface area (Å²) in [6, 6.07) is 7.57. The third-order valence-electron chi connectivity index (χ3n) is 3.76. The number of nitrogens with zero attached hydrogens (tertiary/aromatic N) is 4. The molecule has 8 nitrogen and oxygen atoms in total. The molecule has 0 saturated heterocycles. The molecule has 0 fully saturated rings. The minimum Gasteiger partial charge on any atom is -0.481 e. The standard InChI is InChI=1S/C18H22ClN5O3/c1-23(2)15-9-14(21-18(22-15)24(3)4)17(27)20-13(10-16(25)26)11-7-5-6-8-12(11)19/h5-9,13H,10H2,1-4H3,(H,20,27)(H,25,26). The van der Waals surface area contributed by atoms with E-state index in [9.17, 15) is 14.7 Å². The van der Waals surface area contributed by atoms with Crippen LogP contribution in [-0.2, 0) is 4.79 Å². The summed E-state index contributed by atoms with van der Waals surface area (Å²) in [5.74, 6) is -0.620. The molecule has 1 aromatic carbocycles. The number of aliphatic carboxylic acids is 1. The Morgan fingerprint density at radius 2 is 1.81 bits per heavy atom. The third-order valence-corrected chi connectivity index (χ3v) is 4.10. The first kappa shape index (κ1) is 20.4. The number of halogens is 1. The number of rotatable bonds is 7. The molecule has 1 heterocycles. The smallest absolute Gasteiger partial charge is 0.305 e. The normalized spacial score (nSPS) is 11.6. The van der Waals surface area contributed by atoms with Crippen LogP contribution >= 0.6 is 11.6 Å². The maximum absolute atomic E-state index is 12.8. The summed E-state index contributed by atoms with van der Waals surface area (Å²) in [6.45, 7) is 0. The molecule has 0 saturated carbocycles. The van der Waals surface area contributed by atoms with E-state index >= 15 is 0 Å². The lowest BCUT2D eigenvalue weighted by atomic mass is 10.0. The number of nitrogens with one attached hydrogen (secondary N) is 1. The number of carboxylic acids is 1. The van der Waals surface area contributed by atoms with Gasteiger partial charge in [-0.25, -0.2) is 4.98 Å². The van der Waals surface area contributed by atoms with Gasteiger partial charge in [-0.2, -0.15) is 4.98 Å². The maximum Gasteiger partial charge on any atom is 0.305 e. The first-order valence-electron chi connectivity index (χ1n) is 8.20. The first-order valence-corrected chi connectivity index (χ1v) is 8.57. The van der Waals surface area contributed by atoms with Crippen LogP contribution in [0.25, 0.3) is 0 Å². The van der Waals surface area contributed by atoms with Crippen LogP contribution in [0.5, 0.6) is 0 Å². The van der Waals surface area contributed by atoms with Crippen molar-refractivity contribution in [1.29, 1.82) is 0 Å². The van der Waals surface area contributed by atoms with Gasteiger partial charge < -0.3 is 20.2 Å². The summed E-state index contributed by atoms with van der Waals surface area (Å²) < 4.78 is 0. The summed E-state index contributed by atoms with van der Waals surface area (Å²) in [6.07, 6.45) is -0.304. The van der Waals surface area contributed by atoms with Crippen LogP contribution in [0.15, 0.2) is 30.3 Å². The van der Waals surface area contributed by atoms with Gasteiger partial charge in [0.15, 0.2) is 0 Å². The number of hydrogen-bond donors (Lipinski definition) is 2. The Morgan fingerprint density at radius 1 is 1.15 bits per heavy atom. The Kier molecular flexibility index (Phi) is 6.57. The molecule has 27 heavy (non-hydrogen) atoms. The second-order valence-electron chi connectivity index (χ2n) is 6.35. The van der Waals surface area contributed by atoms with E-state index in [0.717, 1.165) is 0 Å². The molecule has 2 rings (SSSR count). The molecule has 0 aliphatic carbocycles. The van der Waals surface area contributed by atoms with Crippen LogP contribution in [-0.4, -0.2) is 55.1 Å². The van der Waals surface area contributed by atoms with Crippen molar-refractivity contribution in [2.45, 2.75) is 12.5 Å². The van der Waals surface area contributed by atoms with Crippen molar-refractivity contribution >= 4 is 35.2 Å². The fourth-order valence-electron chi connectivity index (χ4n) is 2.37. The Bertz CT molecular complexity index is 815. The third kappa shape index (κ3) is 5.30. The minimum absolute atomic E-state index is 0.139. The molecule has 2 N–H and O–H groups in total. The molecule has 1 unspecified atom stereocenters. The quantitative estimate of drug-likeness (QED) is 0.746. The maximum atomic E-state index is 12.8. The van der Waals surface area contributed by atoms with Crippen LogP contribution in [0.3, 0.4) is 0 Å². The van der Waals surface area contributed by atoms with Crippen molar-refractivity contribution < 1.29 is 14.7 Å². The van der Waals surface area contributed by atoms with Gasteiger partial charge in [-0.1, -0.05) is 29.8 Å². The van der Waals surface area contributed by atoms with E-state index in [1.54, 1.807) is 68.3 Å². The summed E-state index contributed by atoms with van der Waals surface area (Å²) >= 11 is 6.18. The molecule has 1 aromatic heterocycles. The average molecular weight is 392 g/mol. The van der Waals surface area contributed by atoms with Gasteiger partial charge in [0.05, 0.1) is 12.5 Å². The molecule has 2 aromatic rings. The molecule has 1 atom stereocenters. The number of carbonyl (C=O) groups is 2. The Hall–Kier alpha value is -2.87. The summed E-state index contributed by atoms with van der Waals surface area (Å²) in [5, 5.41) is 12.3. The van der Waals surface area contributed by atoms with E-state index in [-0.39, 0.29) is 12.1 Å². The second kappa shape index (κ2) is 8.68. The second-order valence-corrected chi connectivity index (χ2v) is 6.75. The summed E-state index contributed by atoms with van der Waals surface area (Å²) in [4.78, 5) is 36.1. The van der Waals surface area contributed by atoms with Crippen LogP contribution < -0.4 is 15.1 Å². The molecule has 0 aliphatic rings. The van der Waals surface area contributed by atoms with E-state index in [1.807, 2.05) is 0 Å². The molecular formula is C18H22ClN5O3. The fraction of sp³-hybridized carbons (Fsp3) is 0.333. The highest BCUT2D eigenvalue weighted by atomic mass is 35.5. The molecule has 0 bridgehead atoms. The van der Waals surface area contributed by atoms with Gasteiger partial charge in [0, 0.05) is 39.3 Å². The highest BCUT2D eigenvalue weighted by Gasteiger charge is 2.22. The van der Waals surface area contributed by atoms with Gasteiger partial charge in [0.2, 0.25) is 5.95 Å². The van der Waals surface area contributed by atoms with Gasteiger partial charge in [-0.3, -0.25) is 9.59 Å². The zero-order valence-electron chi connectivity index (χ0n) is 15.6. The van der Waals surface area contributed by atoms with Crippen LogP contribution in [0.2, 0.25) is 5.02 Å². The number of carboxylic acid groups (broad SMARTS) is 1. The Labute approximate surface area is 162 Å². The molecule has 0 spiro atoms. The molecule has 144 valence electrons. The number of aromatic nitrogens is 2. The molecule has 1 amide bonds. The monoisotopic (exact) mass is 391 g/mol. The first-order chi connectivity index (χ1) is 12.7. The largest absolute Gasteiger partial charge is 0.481 e. The number of benzene rings is 1.